The second-order valence-electron chi connectivity index (χ2n) is 5.11. The topological polar surface area (TPSA) is 71.8 Å². The van der Waals surface area contributed by atoms with Crippen LogP contribution in [0.3, 0.4) is 0 Å². The summed E-state index contributed by atoms with van der Waals surface area (Å²) in [4.78, 5) is 15.9. The fourth-order valence-corrected chi connectivity index (χ4v) is 2.13. The number of aryl methyl sites for hydroxylation is 2. The Labute approximate surface area is 128 Å². The lowest BCUT2D eigenvalue weighted by Gasteiger charge is -2.09. The number of aromatic nitrogens is 3. The normalized spacial score (nSPS) is 10.8. The molecule has 0 spiro atoms. The van der Waals surface area contributed by atoms with E-state index < -0.39 is 0 Å². The number of carbonyl (C=O) groups excluding carboxylic acids is 1. The molecule has 0 aliphatic heterocycles. The van der Waals surface area contributed by atoms with Gasteiger partial charge in [-0.05, 0) is 39.3 Å². The molecule has 0 unspecified atom stereocenters. The summed E-state index contributed by atoms with van der Waals surface area (Å²) in [7, 11) is 0. The van der Waals surface area contributed by atoms with E-state index in [0.717, 1.165) is 11.3 Å². The third-order valence-electron chi connectivity index (χ3n) is 2.97. The van der Waals surface area contributed by atoms with Crippen LogP contribution in [0.2, 0.25) is 5.15 Å². The predicted octanol–water partition coefficient (Wildman–Crippen LogP) is 3.77. The van der Waals surface area contributed by atoms with Gasteiger partial charge in [0.15, 0.2) is 5.82 Å². The minimum Gasteiger partial charge on any atom is -0.307 e. The van der Waals surface area contributed by atoms with Gasteiger partial charge in [0.05, 0.1) is 0 Å². The molecular formula is C14H18ClN5O. The van der Waals surface area contributed by atoms with Gasteiger partial charge in [-0.15, -0.1) is 0 Å². The summed E-state index contributed by atoms with van der Waals surface area (Å²) >= 11 is 5.82. The maximum absolute atomic E-state index is 12.0. The summed E-state index contributed by atoms with van der Waals surface area (Å²) in [6.45, 7) is 7.86. The van der Waals surface area contributed by atoms with Crippen LogP contribution in [0.25, 0.3) is 0 Å². The van der Waals surface area contributed by atoms with Crippen LogP contribution in [-0.2, 0) is 0 Å². The predicted molar refractivity (Wildman–Crippen MR) is 84.0 cm³/mol. The molecule has 112 valence electrons. The molecule has 2 aromatic rings. The summed E-state index contributed by atoms with van der Waals surface area (Å²) in [5, 5.41) is 10.1. The molecule has 21 heavy (non-hydrogen) atoms. The van der Waals surface area contributed by atoms with E-state index in [0.29, 0.717) is 16.7 Å². The molecule has 0 saturated carbocycles. The van der Waals surface area contributed by atoms with Crippen molar-refractivity contribution in [2.75, 3.05) is 10.6 Å². The van der Waals surface area contributed by atoms with E-state index in [9.17, 15) is 4.79 Å². The van der Waals surface area contributed by atoms with Crippen LogP contribution >= 0.6 is 11.6 Å². The molecule has 7 heteroatoms. The summed E-state index contributed by atoms with van der Waals surface area (Å²) in [5.41, 5.74) is 2.44. The number of urea groups is 1. The number of anilines is 2. The monoisotopic (exact) mass is 307 g/mol. The summed E-state index contributed by atoms with van der Waals surface area (Å²) in [6.07, 6.45) is 1.61. The molecule has 0 aliphatic carbocycles. The standard InChI is InChI=1S/C14H18ClN5O/c1-8(2)20-10(4)5-13(19-20)18-14(21)17-11-6-12(15)16-7-9(11)3/h5-8H,1-4H3,(H2,16,17,18,19,21). The average Bonchev–Trinajstić information content (AvgIpc) is 2.74. The SMILES string of the molecule is Cc1cnc(Cl)cc1NC(=O)Nc1cc(C)n(C(C)C)n1. The van der Waals surface area contributed by atoms with Crippen molar-refractivity contribution >= 4 is 29.1 Å². The first-order chi connectivity index (χ1) is 9.86. The zero-order valence-electron chi connectivity index (χ0n) is 12.4. The van der Waals surface area contributed by atoms with E-state index in [-0.39, 0.29) is 12.1 Å². The molecule has 2 rings (SSSR count). The Balaban J connectivity index is 2.08. The van der Waals surface area contributed by atoms with Crippen molar-refractivity contribution in [2.24, 2.45) is 0 Å². The van der Waals surface area contributed by atoms with Crippen LogP contribution in [0.4, 0.5) is 16.3 Å². The van der Waals surface area contributed by atoms with Crippen molar-refractivity contribution in [3.05, 3.63) is 34.7 Å². The first-order valence-corrected chi connectivity index (χ1v) is 7.01. The summed E-state index contributed by atoms with van der Waals surface area (Å²) < 4.78 is 1.85. The number of nitrogens with one attached hydrogen (secondary N) is 2. The van der Waals surface area contributed by atoms with Crippen molar-refractivity contribution in [3.63, 3.8) is 0 Å². The molecule has 6 nitrogen and oxygen atoms in total. The number of pyridine rings is 1. The van der Waals surface area contributed by atoms with Gasteiger partial charge in [-0.25, -0.2) is 9.78 Å². The lowest BCUT2D eigenvalue weighted by atomic mass is 10.2. The van der Waals surface area contributed by atoms with E-state index in [1.165, 1.54) is 0 Å². The second kappa shape index (κ2) is 6.13. The summed E-state index contributed by atoms with van der Waals surface area (Å²) in [6, 6.07) is 3.30. The minimum absolute atomic E-state index is 0.241. The van der Waals surface area contributed by atoms with Crippen LogP contribution in [0, 0.1) is 13.8 Å². The van der Waals surface area contributed by atoms with Gasteiger partial charge in [0.2, 0.25) is 0 Å². The molecule has 0 saturated heterocycles. The van der Waals surface area contributed by atoms with Crippen LogP contribution in [0.1, 0.15) is 31.1 Å². The van der Waals surface area contributed by atoms with Gasteiger partial charge in [-0.3, -0.25) is 10.00 Å². The Morgan fingerprint density at radius 1 is 1.29 bits per heavy atom. The lowest BCUT2D eigenvalue weighted by Crippen LogP contribution is -2.20. The van der Waals surface area contributed by atoms with Crippen LogP contribution in [0.15, 0.2) is 18.3 Å². The lowest BCUT2D eigenvalue weighted by molar-refractivity contribution is 0.262. The van der Waals surface area contributed by atoms with Crippen LogP contribution in [-0.4, -0.2) is 20.8 Å². The van der Waals surface area contributed by atoms with Gasteiger partial charge in [0.25, 0.3) is 0 Å². The molecule has 0 fully saturated rings. The van der Waals surface area contributed by atoms with E-state index >= 15 is 0 Å². The number of halogens is 1. The molecular weight excluding hydrogens is 290 g/mol. The van der Waals surface area contributed by atoms with Crippen molar-refractivity contribution in [1.82, 2.24) is 14.8 Å². The molecule has 2 amide bonds. The Morgan fingerprint density at radius 3 is 2.62 bits per heavy atom. The average molecular weight is 308 g/mol. The van der Waals surface area contributed by atoms with Crippen LogP contribution in [0.5, 0.6) is 0 Å². The Bertz CT molecular complexity index is 665. The second-order valence-corrected chi connectivity index (χ2v) is 5.50. The van der Waals surface area contributed by atoms with Gasteiger partial charge >= 0.3 is 6.03 Å². The van der Waals surface area contributed by atoms with Crippen molar-refractivity contribution in [1.29, 1.82) is 0 Å². The third kappa shape index (κ3) is 3.72. The van der Waals surface area contributed by atoms with Gasteiger partial charge in [-0.2, -0.15) is 5.10 Å². The minimum atomic E-state index is -0.367. The Hall–Kier alpha value is -2.08. The van der Waals surface area contributed by atoms with Gasteiger partial charge in [0, 0.05) is 29.7 Å². The number of nitrogens with zero attached hydrogens (tertiary/aromatic N) is 3. The zero-order chi connectivity index (χ0) is 15.6. The Morgan fingerprint density at radius 2 is 2.00 bits per heavy atom. The highest BCUT2D eigenvalue weighted by molar-refractivity contribution is 6.29. The largest absolute Gasteiger partial charge is 0.324 e. The maximum atomic E-state index is 12.0. The van der Waals surface area contributed by atoms with Crippen molar-refractivity contribution < 1.29 is 4.79 Å². The first-order valence-electron chi connectivity index (χ1n) is 6.63. The highest BCUT2D eigenvalue weighted by Gasteiger charge is 2.11. The quantitative estimate of drug-likeness (QED) is 0.848. The number of rotatable bonds is 3. The van der Waals surface area contributed by atoms with E-state index in [1.807, 2.05) is 38.4 Å². The number of amides is 2. The molecule has 0 bridgehead atoms. The van der Waals surface area contributed by atoms with Crippen LogP contribution < -0.4 is 10.6 Å². The first kappa shape index (κ1) is 15.3. The molecule has 2 heterocycles. The Kier molecular flexibility index (Phi) is 4.47. The van der Waals surface area contributed by atoms with Gasteiger partial charge in [-0.1, -0.05) is 11.6 Å². The highest BCUT2D eigenvalue weighted by Crippen LogP contribution is 2.18. The molecule has 0 aromatic carbocycles. The summed E-state index contributed by atoms with van der Waals surface area (Å²) in [5.74, 6) is 0.511. The van der Waals surface area contributed by atoms with Crippen molar-refractivity contribution in [3.8, 4) is 0 Å². The van der Waals surface area contributed by atoms with Gasteiger partial charge < -0.3 is 5.32 Å². The van der Waals surface area contributed by atoms with Gasteiger partial charge in [0.1, 0.15) is 5.15 Å². The smallest absolute Gasteiger partial charge is 0.307 e. The van der Waals surface area contributed by atoms with E-state index in [2.05, 4.69) is 20.7 Å². The third-order valence-corrected chi connectivity index (χ3v) is 3.18. The maximum Gasteiger partial charge on any atom is 0.324 e. The fraction of sp³-hybridized carbons (Fsp3) is 0.357. The van der Waals surface area contributed by atoms with E-state index in [4.69, 9.17) is 11.6 Å². The van der Waals surface area contributed by atoms with Crippen molar-refractivity contribution in [2.45, 2.75) is 33.7 Å². The van der Waals surface area contributed by atoms with E-state index in [1.54, 1.807) is 12.3 Å². The molecule has 0 aliphatic rings. The highest BCUT2D eigenvalue weighted by atomic mass is 35.5. The number of hydrogen-bond acceptors (Lipinski definition) is 3. The number of hydrogen-bond donors (Lipinski definition) is 2. The molecule has 2 N–H and O–H groups in total. The fourth-order valence-electron chi connectivity index (χ4n) is 1.97. The zero-order valence-corrected chi connectivity index (χ0v) is 13.2. The molecule has 2 aromatic heterocycles. The molecule has 0 radical (unpaired) electrons. The number of carbonyl (C=O) groups is 1. The molecule has 0 atom stereocenters.